The molecule has 2 aromatic rings. The Labute approximate surface area is 102 Å². The third-order valence-electron chi connectivity index (χ3n) is 3.33. The molecule has 0 spiro atoms. The van der Waals surface area contributed by atoms with Gasteiger partial charge in [-0.15, -0.1) is 0 Å². The van der Waals surface area contributed by atoms with E-state index in [1.165, 1.54) is 22.3 Å². The molecule has 3 heteroatoms. The number of aromatic nitrogens is 2. The first-order chi connectivity index (χ1) is 8.18. The van der Waals surface area contributed by atoms with Gasteiger partial charge in [-0.05, 0) is 37.5 Å². The van der Waals surface area contributed by atoms with Gasteiger partial charge in [-0.2, -0.15) is 5.10 Å². The highest BCUT2D eigenvalue weighted by Gasteiger charge is 2.07. The second-order valence-corrected chi connectivity index (χ2v) is 4.49. The van der Waals surface area contributed by atoms with E-state index in [2.05, 4.69) is 54.5 Å². The quantitative estimate of drug-likeness (QED) is 0.846. The summed E-state index contributed by atoms with van der Waals surface area (Å²) in [6.45, 7) is 7.36. The molecule has 1 aromatic carbocycles. The van der Waals surface area contributed by atoms with Crippen LogP contribution in [0.15, 0.2) is 30.6 Å². The number of aryl methyl sites for hydroxylation is 1. The summed E-state index contributed by atoms with van der Waals surface area (Å²) in [5.74, 6) is 0. The van der Waals surface area contributed by atoms with Crippen LogP contribution in [0.1, 0.15) is 35.2 Å². The van der Waals surface area contributed by atoms with Crippen LogP contribution in [0.4, 0.5) is 0 Å². The molecule has 0 bridgehead atoms. The summed E-state index contributed by atoms with van der Waals surface area (Å²) in [6.07, 6.45) is 3.79. The lowest BCUT2D eigenvalue weighted by Crippen LogP contribution is -2.18. The normalized spacial score (nSPS) is 12.6. The minimum Gasteiger partial charge on any atom is -0.306 e. The van der Waals surface area contributed by atoms with Gasteiger partial charge < -0.3 is 5.32 Å². The van der Waals surface area contributed by atoms with Crippen molar-refractivity contribution in [3.8, 4) is 0 Å². The molecule has 0 radical (unpaired) electrons. The number of rotatable bonds is 4. The van der Waals surface area contributed by atoms with Crippen LogP contribution in [0.25, 0.3) is 0 Å². The largest absolute Gasteiger partial charge is 0.306 e. The maximum atomic E-state index is 3.96. The summed E-state index contributed by atoms with van der Waals surface area (Å²) in [5, 5.41) is 10.3. The Kier molecular flexibility index (Phi) is 3.59. The molecule has 2 rings (SSSR count). The molecule has 2 N–H and O–H groups in total. The predicted octanol–water partition coefficient (Wildman–Crippen LogP) is 2.88. The van der Waals surface area contributed by atoms with Gasteiger partial charge in [0, 0.05) is 24.3 Å². The summed E-state index contributed by atoms with van der Waals surface area (Å²) in [5.41, 5.74) is 5.27. The maximum absolute atomic E-state index is 3.96. The molecule has 0 fully saturated rings. The summed E-state index contributed by atoms with van der Waals surface area (Å²) in [4.78, 5) is 0. The number of benzene rings is 1. The van der Waals surface area contributed by atoms with Crippen molar-refractivity contribution in [2.24, 2.45) is 0 Å². The molecular weight excluding hydrogens is 210 g/mol. The van der Waals surface area contributed by atoms with Crippen molar-refractivity contribution in [2.75, 3.05) is 0 Å². The second kappa shape index (κ2) is 5.15. The summed E-state index contributed by atoms with van der Waals surface area (Å²) in [7, 11) is 0. The smallest absolute Gasteiger partial charge is 0.0534 e. The van der Waals surface area contributed by atoms with Crippen molar-refractivity contribution >= 4 is 0 Å². The molecule has 1 heterocycles. The van der Waals surface area contributed by atoms with E-state index in [1.807, 2.05) is 12.4 Å². The Bertz CT molecular complexity index is 474. The Balaban J connectivity index is 2.00. The zero-order valence-corrected chi connectivity index (χ0v) is 10.6. The van der Waals surface area contributed by atoms with Crippen LogP contribution in [0.2, 0.25) is 0 Å². The van der Waals surface area contributed by atoms with Crippen LogP contribution < -0.4 is 5.32 Å². The minimum atomic E-state index is 0.314. The van der Waals surface area contributed by atoms with Crippen molar-refractivity contribution in [2.45, 2.75) is 33.4 Å². The van der Waals surface area contributed by atoms with Gasteiger partial charge in [-0.1, -0.05) is 18.2 Å². The lowest BCUT2D eigenvalue weighted by atomic mass is 10.0. The van der Waals surface area contributed by atoms with Gasteiger partial charge >= 0.3 is 0 Å². The van der Waals surface area contributed by atoms with Crippen LogP contribution in [-0.4, -0.2) is 10.2 Å². The molecule has 0 aliphatic heterocycles. The lowest BCUT2D eigenvalue weighted by molar-refractivity contribution is 0.573. The van der Waals surface area contributed by atoms with Crippen molar-refractivity contribution in [1.29, 1.82) is 0 Å². The van der Waals surface area contributed by atoms with Gasteiger partial charge in [0.15, 0.2) is 0 Å². The number of H-pyrrole nitrogens is 1. The standard InChI is InChI=1S/C14H19N3/c1-10-5-4-6-13(11(10)2)7-15-12(3)14-8-16-17-9-14/h4-6,8-9,12,15H,7H2,1-3H3,(H,16,17). The van der Waals surface area contributed by atoms with Crippen molar-refractivity contribution in [3.63, 3.8) is 0 Å². The predicted molar refractivity (Wildman–Crippen MR) is 69.8 cm³/mol. The van der Waals surface area contributed by atoms with Gasteiger partial charge in [-0.3, -0.25) is 5.10 Å². The van der Waals surface area contributed by atoms with E-state index in [-0.39, 0.29) is 0 Å². The number of aromatic amines is 1. The molecule has 1 unspecified atom stereocenters. The van der Waals surface area contributed by atoms with E-state index < -0.39 is 0 Å². The van der Waals surface area contributed by atoms with Gasteiger partial charge in [0.2, 0.25) is 0 Å². The van der Waals surface area contributed by atoms with Gasteiger partial charge in [0.1, 0.15) is 0 Å². The van der Waals surface area contributed by atoms with E-state index >= 15 is 0 Å². The zero-order chi connectivity index (χ0) is 12.3. The third kappa shape index (κ3) is 2.74. The molecule has 17 heavy (non-hydrogen) atoms. The first-order valence-electron chi connectivity index (χ1n) is 5.95. The van der Waals surface area contributed by atoms with E-state index in [9.17, 15) is 0 Å². The highest BCUT2D eigenvalue weighted by atomic mass is 15.1. The van der Waals surface area contributed by atoms with Crippen LogP contribution in [-0.2, 0) is 6.54 Å². The minimum absolute atomic E-state index is 0.314. The monoisotopic (exact) mass is 229 g/mol. The topological polar surface area (TPSA) is 40.7 Å². The maximum Gasteiger partial charge on any atom is 0.0534 e. The third-order valence-corrected chi connectivity index (χ3v) is 3.33. The van der Waals surface area contributed by atoms with E-state index in [4.69, 9.17) is 0 Å². The first kappa shape index (κ1) is 11.9. The van der Waals surface area contributed by atoms with Crippen molar-refractivity contribution in [1.82, 2.24) is 15.5 Å². The highest BCUT2D eigenvalue weighted by molar-refractivity contribution is 5.33. The van der Waals surface area contributed by atoms with E-state index in [0.717, 1.165) is 6.54 Å². The molecule has 0 saturated heterocycles. The van der Waals surface area contributed by atoms with Gasteiger partial charge in [0.05, 0.1) is 6.20 Å². The molecule has 0 saturated carbocycles. The van der Waals surface area contributed by atoms with Crippen molar-refractivity contribution < 1.29 is 0 Å². The average Bonchev–Trinajstić information content (AvgIpc) is 2.84. The SMILES string of the molecule is Cc1cccc(CNC(C)c2cn[nH]c2)c1C. The fraction of sp³-hybridized carbons (Fsp3) is 0.357. The van der Waals surface area contributed by atoms with Crippen LogP contribution in [0, 0.1) is 13.8 Å². The zero-order valence-electron chi connectivity index (χ0n) is 10.6. The van der Waals surface area contributed by atoms with Crippen molar-refractivity contribution in [3.05, 3.63) is 52.8 Å². The molecular formula is C14H19N3. The van der Waals surface area contributed by atoms with Crippen LogP contribution in [0.5, 0.6) is 0 Å². The highest BCUT2D eigenvalue weighted by Crippen LogP contribution is 2.15. The van der Waals surface area contributed by atoms with Gasteiger partial charge in [-0.25, -0.2) is 0 Å². The second-order valence-electron chi connectivity index (χ2n) is 4.49. The average molecular weight is 229 g/mol. The molecule has 1 aromatic heterocycles. The van der Waals surface area contributed by atoms with E-state index in [0.29, 0.717) is 6.04 Å². The molecule has 0 amide bonds. The van der Waals surface area contributed by atoms with Crippen LogP contribution >= 0.6 is 0 Å². The number of hydrogen-bond donors (Lipinski definition) is 2. The molecule has 0 aliphatic rings. The van der Waals surface area contributed by atoms with E-state index in [1.54, 1.807) is 0 Å². The summed E-state index contributed by atoms with van der Waals surface area (Å²) in [6, 6.07) is 6.76. The number of hydrogen-bond acceptors (Lipinski definition) is 2. The molecule has 1 atom stereocenters. The van der Waals surface area contributed by atoms with Gasteiger partial charge in [0.25, 0.3) is 0 Å². The Hall–Kier alpha value is -1.61. The summed E-state index contributed by atoms with van der Waals surface area (Å²) >= 11 is 0. The number of nitrogens with zero attached hydrogens (tertiary/aromatic N) is 1. The first-order valence-corrected chi connectivity index (χ1v) is 5.95. The van der Waals surface area contributed by atoms with Crippen LogP contribution in [0.3, 0.4) is 0 Å². The molecule has 0 aliphatic carbocycles. The fourth-order valence-corrected chi connectivity index (χ4v) is 1.88. The lowest BCUT2D eigenvalue weighted by Gasteiger charge is -2.14. The molecule has 3 nitrogen and oxygen atoms in total. The Morgan fingerprint density at radius 3 is 2.88 bits per heavy atom. The summed E-state index contributed by atoms with van der Waals surface area (Å²) < 4.78 is 0. The fourth-order valence-electron chi connectivity index (χ4n) is 1.88. The number of nitrogens with one attached hydrogen (secondary N) is 2. The Morgan fingerprint density at radius 2 is 2.18 bits per heavy atom. The Morgan fingerprint density at radius 1 is 1.35 bits per heavy atom. The molecule has 90 valence electrons.